The van der Waals surface area contributed by atoms with Crippen molar-refractivity contribution < 1.29 is 19.1 Å². The molecule has 6 heteroatoms. The zero-order valence-electron chi connectivity index (χ0n) is 16.3. The molecule has 0 spiro atoms. The van der Waals surface area contributed by atoms with Gasteiger partial charge in [-0.15, -0.1) is 0 Å². The number of hydrogen-bond donors (Lipinski definition) is 2. The summed E-state index contributed by atoms with van der Waals surface area (Å²) >= 11 is 0. The van der Waals surface area contributed by atoms with Crippen molar-refractivity contribution in [1.82, 2.24) is 5.32 Å². The van der Waals surface area contributed by atoms with Crippen LogP contribution in [0.15, 0.2) is 12.2 Å². The summed E-state index contributed by atoms with van der Waals surface area (Å²) in [6.07, 6.45) is 19.0. The number of carbonyl (C=O) groups excluding carboxylic acids is 3. The molecule has 150 valence electrons. The number of primary amides is 1. The van der Waals surface area contributed by atoms with Crippen LogP contribution >= 0.6 is 0 Å². The first kappa shape index (κ1) is 24.1. The van der Waals surface area contributed by atoms with Gasteiger partial charge in [-0.1, -0.05) is 70.4 Å². The molecule has 0 fully saturated rings. The van der Waals surface area contributed by atoms with Crippen LogP contribution in [0.5, 0.6) is 0 Å². The highest BCUT2D eigenvalue weighted by Crippen LogP contribution is 2.10. The Morgan fingerprint density at radius 1 is 0.808 bits per heavy atom. The Hall–Kier alpha value is -1.85. The third-order valence-corrected chi connectivity index (χ3v) is 4.07. The van der Waals surface area contributed by atoms with E-state index in [1.54, 1.807) is 5.32 Å². The number of alkyl carbamates (subject to hydrolysis) is 1. The zero-order valence-corrected chi connectivity index (χ0v) is 16.3. The van der Waals surface area contributed by atoms with Crippen LogP contribution in [-0.4, -0.2) is 18.1 Å². The summed E-state index contributed by atoms with van der Waals surface area (Å²) in [5.41, 5.74) is 4.74. The van der Waals surface area contributed by atoms with E-state index < -0.39 is 18.1 Å². The Labute approximate surface area is 157 Å². The van der Waals surface area contributed by atoms with Gasteiger partial charge in [0.1, 0.15) is 0 Å². The van der Waals surface area contributed by atoms with Crippen LogP contribution in [0, 0.1) is 0 Å². The van der Waals surface area contributed by atoms with E-state index in [9.17, 15) is 14.4 Å². The minimum absolute atomic E-state index is 0.171. The lowest BCUT2D eigenvalue weighted by Crippen LogP contribution is -2.36. The second-order valence-electron chi connectivity index (χ2n) is 6.59. The minimum atomic E-state index is -1.12. The molecule has 0 atom stereocenters. The van der Waals surface area contributed by atoms with E-state index in [2.05, 4.69) is 23.8 Å². The van der Waals surface area contributed by atoms with Gasteiger partial charge in [-0.25, -0.2) is 14.9 Å². The van der Waals surface area contributed by atoms with E-state index in [0.29, 0.717) is 6.42 Å². The number of imide groups is 1. The summed E-state index contributed by atoms with van der Waals surface area (Å²) < 4.78 is 4.38. The number of rotatable bonds is 15. The topological polar surface area (TPSA) is 98.5 Å². The predicted molar refractivity (Wildman–Crippen MR) is 104 cm³/mol. The number of urea groups is 1. The highest BCUT2D eigenvalue weighted by atomic mass is 16.6. The molecule has 0 aromatic heterocycles. The van der Waals surface area contributed by atoms with Crippen molar-refractivity contribution in [2.45, 2.75) is 96.8 Å². The number of nitrogens with two attached hydrogens (primary N) is 1. The van der Waals surface area contributed by atoms with Crippen molar-refractivity contribution in [2.24, 2.45) is 5.73 Å². The highest BCUT2D eigenvalue weighted by molar-refractivity contribution is 5.94. The third kappa shape index (κ3) is 18.5. The lowest BCUT2D eigenvalue weighted by atomic mass is 10.1. The second-order valence-corrected chi connectivity index (χ2v) is 6.59. The Bertz CT molecular complexity index is 422. The van der Waals surface area contributed by atoms with Gasteiger partial charge in [0.2, 0.25) is 0 Å². The lowest BCUT2D eigenvalue weighted by Gasteiger charge is -2.03. The van der Waals surface area contributed by atoms with Crippen LogP contribution in [0.25, 0.3) is 0 Å². The van der Waals surface area contributed by atoms with Gasteiger partial charge >= 0.3 is 18.1 Å². The molecule has 6 nitrogen and oxygen atoms in total. The lowest BCUT2D eigenvalue weighted by molar-refractivity contribution is -0.137. The van der Waals surface area contributed by atoms with Crippen LogP contribution in [-0.2, 0) is 9.53 Å². The van der Waals surface area contributed by atoms with Gasteiger partial charge in [0.15, 0.2) is 0 Å². The van der Waals surface area contributed by atoms with E-state index in [1.807, 2.05) is 0 Å². The maximum Gasteiger partial charge on any atom is 0.423 e. The van der Waals surface area contributed by atoms with Crippen LogP contribution in [0.3, 0.4) is 0 Å². The van der Waals surface area contributed by atoms with Gasteiger partial charge in [0, 0.05) is 6.42 Å². The van der Waals surface area contributed by atoms with E-state index in [1.165, 1.54) is 51.4 Å². The van der Waals surface area contributed by atoms with Gasteiger partial charge in [-0.05, 0) is 32.1 Å². The van der Waals surface area contributed by atoms with Crippen LogP contribution in [0.4, 0.5) is 9.59 Å². The molecule has 0 radical (unpaired) electrons. The zero-order chi connectivity index (χ0) is 19.5. The molecule has 0 saturated carbocycles. The monoisotopic (exact) mass is 368 g/mol. The van der Waals surface area contributed by atoms with Crippen LogP contribution in [0.2, 0.25) is 0 Å². The van der Waals surface area contributed by atoms with E-state index >= 15 is 0 Å². The summed E-state index contributed by atoms with van der Waals surface area (Å²) in [5, 5.41) is 1.68. The molecule has 0 aromatic carbocycles. The molecule has 3 N–H and O–H groups in total. The number of hydrogen-bond acceptors (Lipinski definition) is 4. The molecule has 0 saturated heterocycles. The standard InChI is InChI=1S/C20H36N2O4/c1-2-3-4-5-6-7-8-9-10-11-12-13-14-15-16-17-18(23)26-20(25)22-19(21)24/h9-10H,2-8,11-17H2,1H3,(H3,21,22,24,25). The summed E-state index contributed by atoms with van der Waals surface area (Å²) in [4.78, 5) is 32.7. The Morgan fingerprint density at radius 2 is 1.31 bits per heavy atom. The van der Waals surface area contributed by atoms with Crippen molar-refractivity contribution in [3.05, 3.63) is 12.2 Å². The molecular formula is C20H36N2O4. The Kier molecular flexibility index (Phi) is 16.7. The van der Waals surface area contributed by atoms with Gasteiger partial charge < -0.3 is 10.5 Å². The molecule has 0 aliphatic rings. The molecule has 0 rings (SSSR count). The summed E-state index contributed by atoms with van der Waals surface area (Å²) in [6, 6.07) is -1.04. The minimum Gasteiger partial charge on any atom is -0.376 e. The summed E-state index contributed by atoms with van der Waals surface area (Å²) in [5.74, 6) is -0.638. The Morgan fingerprint density at radius 3 is 1.85 bits per heavy atom. The number of esters is 1. The van der Waals surface area contributed by atoms with Gasteiger partial charge in [0.05, 0.1) is 0 Å². The number of ether oxygens (including phenoxy) is 1. The maximum atomic E-state index is 11.3. The van der Waals surface area contributed by atoms with Crippen molar-refractivity contribution in [3.63, 3.8) is 0 Å². The second kappa shape index (κ2) is 18.0. The molecule has 0 aromatic rings. The van der Waals surface area contributed by atoms with Crippen molar-refractivity contribution >= 4 is 18.1 Å². The van der Waals surface area contributed by atoms with E-state index in [4.69, 9.17) is 5.73 Å². The summed E-state index contributed by atoms with van der Waals surface area (Å²) in [7, 11) is 0. The van der Waals surface area contributed by atoms with Gasteiger partial charge in [0.25, 0.3) is 0 Å². The smallest absolute Gasteiger partial charge is 0.376 e. The molecule has 0 unspecified atom stereocenters. The maximum absolute atomic E-state index is 11.3. The molecule has 3 amide bonds. The van der Waals surface area contributed by atoms with Gasteiger partial charge in [-0.3, -0.25) is 4.79 Å². The molecular weight excluding hydrogens is 332 g/mol. The number of nitrogens with one attached hydrogen (secondary N) is 1. The van der Waals surface area contributed by atoms with Crippen LogP contribution < -0.4 is 11.1 Å². The average molecular weight is 369 g/mol. The highest BCUT2D eigenvalue weighted by Gasteiger charge is 2.11. The Balaban J connectivity index is 3.32. The van der Waals surface area contributed by atoms with Crippen LogP contribution in [0.1, 0.15) is 96.8 Å². The summed E-state index contributed by atoms with van der Waals surface area (Å²) in [6.45, 7) is 2.24. The quantitative estimate of drug-likeness (QED) is 0.176. The van der Waals surface area contributed by atoms with E-state index in [-0.39, 0.29) is 6.42 Å². The van der Waals surface area contributed by atoms with Gasteiger partial charge in [-0.2, -0.15) is 0 Å². The molecule has 0 aliphatic carbocycles. The fourth-order valence-electron chi connectivity index (χ4n) is 2.62. The first-order chi connectivity index (χ1) is 12.6. The average Bonchev–Trinajstić information content (AvgIpc) is 2.57. The van der Waals surface area contributed by atoms with Crippen molar-refractivity contribution in [3.8, 4) is 0 Å². The first-order valence-corrected chi connectivity index (χ1v) is 10.0. The fraction of sp³-hybridized carbons (Fsp3) is 0.750. The van der Waals surface area contributed by atoms with E-state index in [0.717, 1.165) is 25.7 Å². The normalized spacial score (nSPS) is 10.8. The predicted octanol–water partition coefficient (Wildman–Crippen LogP) is 5.36. The van der Waals surface area contributed by atoms with Crippen molar-refractivity contribution in [1.29, 1.82) is 0 Å². The fourth-order valence-corrected chi connectivity index (χ4v) is 2.62. The number of unbranched alkanes of at least 4 members (excludes halogenated alkanes) is 11. The number of carbonyl (C=O) groups is 3. The molecule has 26 heavy (non-hydrogen) atoms. The third-order valence-electron chi connectivity index (χ3n) is 4.07. The van der Waals surface area contributed by atoms with Crippen molar-refractivity contribution in [2.75, 3.05) is 0 Å². The molecule has 0 aliphatic heterocycles. The molecule has 0 heterocycles. The SMILES string of the molecule is CCCCCCCCC=CCCCCCCCC(=O)OC(=O)NC(N)=O. The first-order valence-electron chi connectivity index (χ1n) is 10.0. The number of amides is 3. The number of allylic oxidation sites excluding steroid dienone is 2. The largest absolute Gasteiger partial charge is 0.423 e. The molecule has 0 bridgehead atoms.